The Balaban J connectivity index is 1.37. The maximum atomic E-state index is 11.8. The molecule has 32 heavy (non-hydrogen) atoms. The Bertz CT molecular complexity index is 1090. The maximum absolute atomic E-state index is 11.8. The van der Waals surface area contributed by atoms with E-state index in [0.717, 1.165) is 11.3 Å². The predicted octanol–water partition coefficient (Wildman–Crippen LogP) is 3.48. The van der Waals surface area contributed by atoms with Gasteiger partial charge >= 0.3 is 5.97 Å². The lowest BCUT2D eigenvalue weighted by molar-refractivity contribution is -0.116. The average Bonchev–Trinajstić information content (AvgIpc) is 2.80. The van der Waals surface area contributed by atoms with E-state index in [4.69, 9.17) is 21.4 Å². The molecule has 0 unspecified atom stereocenters. The van der Waals surface area contributed by atoms with E-state index in [0.29, 0.717) is 17.3 Å². The first-order chi connectivity index (χ1) is 15.5. The van der Waals surface area contributed by atoms with Crippen molar-refractivity contribution < 1.29 is 19.4 Å². The third kappa shape index (κ3) is 7.31. The second-order valence-electron chi connectivity index (χ2n) is 6.36. The second kappa shape index (κ2) is 11.3. The number of pyridine rings is 1. The number of ether oxygens (including phenoxy) is 1. The third-order valence-corrected chi connectivity index (χ3v) is 4.25. The summed E-state index contributed by atoms with van der Waals surface area (Å²) < 4.78 is 5.55. The molecule has 3 rings (SSSR count). The fraction of sp³-hybridized carbons (Fsp3) is 0.0455. The van der Waals surface area contributed by atoms with Crippen LogP contribution in [0.15, 0.2) is 79.0 Å². The first kappa shape index (κ1) is 22.6. The van der Waals surface area contributed by atoms with Crippen LogP contribution in [0.25, 0.3) is 0 Å². The summed E-state index contributed by atoms with van der Waals surface area (Å²) in [4.78, 5) is 26.7. The highest BCUT2D eigenvalue weighted by molar-refractivity contribution is 6.30. The molecule has 0 fully saturated rings. The highest BCUT2D eigenvalue weighted by Gasteiger charge is 2.06. The molecule has 0 bridgehead atoms. The molecule has 1 heterocycles. The fourth-order valence-electron chi connectivity index (χ4n) is 2.44. The lowest BCUT2D eigenvalue weighted by atomic mass is 10.2. The highest BCUT2D eigenvalue weighted by Crippen LogP contribution is 2.21. The fourth-order valence-corrected chi connectivity index (χ4v) is 2.56. The van der Waals surface area contributed by atoms with Gasteiger partial charge in [-0.2, -0.15) is 5.53 Å². The van der Waals surface area contributed by atoms with Gasteiger partial charge in [0.2, 0.25) is 11.8 Å². The monoisotopic (exact) mass is 453 g/mol. The number of carbonyl (C=O) groups is 2. The maximum Gasteiger partial charge on any atom is 0.354 e. The Kier molecular flexibility index (Phi) is 8.02. The minimum atomic E-state index is -1.12. The van der Waals surface area contributed by atoms with Crippen LogP contribution in [-0.2, 0) is 11.3 Å². The molecule has 1 amide bonds. The van der Waals surface area contributed by atoms with E-state index >= 15 is 0 Å². The first-order valence-electron chi connectivity index (χ1n) is 9.43. The number of nitrogens with zero attached hydrogens (tertiary/aromatic N) is 1. The van der Waals surface area contributed by atoms with Crippen molar-refractivity contribution in [2.75, 3.05) is 5.43 Å². The molecule has 0 spiro atoms. The van der Waals surface area contributed by atoms with Gasteiger partial charge in [0.1, 0.15) is 5.75 Å². The molecule has 0 saturated heterocycles. The number of aromatic nitrogens is 1. The van der Waals surface area contributed by atoms with Gasteiger partial charge in [0.15, 0.2) is 5.69 Å². The van der Waals surface area contributed by atoms with E-state index in [9.17, 15) is 9.59 Å². The Hall–Kier alpha value is -4.08. The van der Waals surface area contributed by atoms with Crippen molar-refractivity contribution in [3.05, 3.63) is 95.3 Å². The molecule has 0 aliphatic rings. The molecule has 3 aromatic rings. The second-order valence-corrected chi connectivity index (χ2v) is 6.80. The standard InChI is InChI=1S/C22H20ClN5O4/c23-16-6-4-15(5-7-16)14-24-20(29)12-13-25-28-27-17-8-10-18(11-9-17)32-21-3-1-2-19(26-21)22(30)31/h1-13,25,27-28H,14H2,(H,24,29)(H,30,31)/b13-12-. The Labute approximate surface area is 189 Å². The smallest absolute Gasteiger partial charge is 0.354 e. The summed E-state index contributed by atoms with van der Waals surface area (Å²) in [7, 11) is 0. The number of hydrogen-bond acceptors (Lipinski definition) is 7. The molecule has 0 saturated carbocycles. The Morgan fingerprint density at radius 3 is 2.50 bits per heavy atom. The molecule has 5 N–H and O–H groups in total. The van der Waals surface area contributed by atoms with Gasteiger partial charge in [-0.25, -0.2) is 9.78 Å². The van der Waals surface area contributed by atoms with Crippen molar-refractivity contribution in [3.63, 3.8) is 0 Å². The van der Waals surface area contributed by atoms with Crippen LogP contribution in [0.3, 0.4) is 0 Å². The molecular weight excluding hydrogens is 434 g/mol. The summed E-state index contributed by atoms with van der Waals surface area (Å²) in [5, 5.41) is 12.4. The predicted molar refractivity (Wildman–Crippen MR) is 120 cm³/mol. The summed E-state index contributed by atoms with van der Waals surface area (Å²) in [5.41, 5.74) is 9.91. The van der Waals surface area contributed by atoms with Crippen LogP contribution in [0.4, 0.5) is 5.69 Å². The lowest BCUT2D eigenvalue weighted by Crippen LogP contribution is -2.33. The van der Waals surface area contributed by atoms with Gasteiger partial charge in [-0.05, 0) is 48.0 Å². The van der Waals surface area contributed by atoms with Gasteiger partial charge in [-0.1, -0.05) is 29.8 Å². The molecule has 0 atom stereocenters. The van der Waals surface area contributed by atoms with Crippen molar-refractivity contribution in [1.82, 2.24) is 21.3 Å². The zero-order chi connectivity index (χ0) is 22.8. The molecule has 0 aliphatic heterocycles. The molecule has 164 valence electrons. The summed E-state index contributed by atoms with van der Waals surface area (Å²) in [5.74, 6) is -0.696. The number of carboxylic acid groups (broad SMARTS) is 1. The van der Waals surface area contributed by atoms with Crippen LogP contribution in [0.5, 0.6) is 11.6 Å². The SMILES string of the molecule is O=C(/C=C\NNNc1ccc(Oc2cccc(C(=O)O)n2)cc1)NCc1ccc(Cl)cc1. The molecule has 0 radical (unpaired) electrons. The summed E-state index contributed by atoms with van der Waals surface area (Å²) in [6.45, 7) is 0.399. The van der Waals surface area contributed by atoms with E-state index in [-0.39, 0.29) is 17.5 Å². The van der Waals surface area contributed by atoms with Crippen LogP contribution in [-0.4, -0.2) is 22.0 Å². The first-order valence-corrected chi connectivity index (χ1v) is 9.81. The van der Waals surface area contributed by atoms with E-state index < -0.39 is 5.97 Å². The average molecular weight is 454 g/mol. The minimum absolute atomic E-state index is 0.0947. The number of aromatic carboxylic acids is 1. The number of hydrogen-bond donors (Lipinski definition) is 5. The van der Waals surface area contributed by atoms with Gasteiger partial charge in [0, 0.05) is 29.9 Å². The van der Waals surface area contributed by atoms with Crippen molar-refractivity contribution in [2.45, 2.75) is 6.54 Å². The van der Waals surface area contributed by atoms with Crippen LogP contribution in [0.1, 0.15) is 16.1 Å². The minimum Gasteiger partial charge on any atom is -0.477 e. The van der Waals surface area contributed by atoms with Crippen LogP contribution >= 0.6 is 11.6 Å². The molecule has 1 aromatic heterocycles. The summed E-state index contributed by atoms with van der Waals surface area (Å²) >= 11 is 5.83. The van der Waals surface area contributed by atoms with E-state index in [1.807, 2.05) is 12.1 Å². The molecule has 10 heteroatoms. The van der Waals surface area contributed by atoms with Gasteiger partial charge in [0.25, 0.3) is 0 Å². The molecule has 0 aliphatic carbocycles. The van der Waals surface area contributed by atoms with Gasteiger partial charge in [-0.3, -0.25) is 4.79 Å². The number of rotatable bonds is 10. The third-order valence-electron chi connectivity index (χ3n) is 4.00. The summed E-state index contributed by atoms with van der Waals surface area (Å²) in [6.07, 6.45) is 2.79. The van der Waals surface area contributed by atoms with Crippen LogP contribution in [0, 0.1) is 0 Å². The van der Waals surface area contributed by atoms with Crippen molar-refractivity contribution in [3.8, 4) is 11.6 Å². The number of amides is 1. The number of carboxylic acids is 1. The molecule has 9 nitrogen and oxygen atoms in total. The zero-order valence-corrected chi connectivity index (χ0v) is 17.5. The van der Waals surface area contributed by atoms with Crippen LogP contribution < -0.4 is 26.4 Å². The lowest BCUT2D eigenvalue weighted by Gasteiger charge is -2.09. The quantitative estimate of drug-likeness (QED) is 0.179. The zero-order valence-electron chi connectivity index (χ0n) is 16.7. The van der Waals surface area contributed by atoms with Gasteiger partial charge < -0.3 is 26.0 Å². The van der Waals surface area contributed by atoms with E-state index in [1.54, 1.807) is 48.5 Å². The Morgan fingerprint density at radius 1 is 1.03 bits per heavy atom. The number of benzene rings is 2. The number of halogens is 1. The largest absolute Gasteiger partial charge is 0.477 e. The summed E-state index contributed by atoms with van der Waals surface area (Å²) in [6, 6.07) is 18.6. The molecular formula is C22H20ClN5O4. The van der Waals surface area contributed by atoms with Gasteiger partial charge in [0.05, 0.1) is 5.69 Å². The van der Waals surface area contributed by atoms with E-state index in [1.165, 1.54) is 18.3 Å². The Morgan fingerprint density at radius 2 is 1.78 bits per heavy atom. The topological polar surface area (TPSA) is 125 Å². The normalized spacial score (nSPS) is 10.5. The van der Waals surface area contributed by atoms with Gasteiger partial charge in [-0.15, -0.1) is 0 Å². The highest BCUT2D eigenvalue weighted by atomic mass is 35.5. The van der Waals surface area contributed by atoms with Crippen LogP contribution in [0.2, 0.25) is 5.02 Å². The number of nitrogens with one attached hydrogen (secondary N) is 4. The van der Waals surface area contributed by atoms with Crippen molar-refractivity contribution >= 4 is 29.2 Å². The number of carbonyl (C=O) groups excluding carboxylic acids is 1. The number of anilines is 1. The number of hydrazine groups is 2. The molecule has 2 aromatic carbocycles. The van der Waals surface area contributed by atoms with Crippen molar-refractivity contribution in [1.29, 1.82) is 0 Å². The van der Waals surface area contributed by atoms with E-state index in [2.05, 4.69) is 26.7 Å². The van der Waals surface area contributed by atoms with Crippen molar-refractivity contribution in [2.24, 2.45) is 0 Å².